The molecular formula is C18H24N2O4. The molecule has 24 heavy (non-hydrogen) atoms. The van der Waals surface area contributed by atoms with Gasteiger partial charge in [-0.3, -0.25) is 4.79 Å². The van der Waals surface area contributed by atoms with Gasteiger partial charge in [0.1, 0.15) is 6.04 Å². The Hall–Kier alpha value is -2.34. The maximum Gasteiger partial charge on any atom is 0.326 e. The highest BCUT2D eigenvalue weighted by Gasteiger charge is 2.23. The van der Waals surface area contributed by atoms with Crippen molar-refractivity contribution in [2.75, 3.05) is 13.7 Å². The average Bonchev–Trinajstić information content (AvgIpc) is 2.90. The topological polar surface area (TPSA) is 80.6 Å². The maximum absolute atomic E-state index is 12.6. The molecule has 0 aliphatic heterocycles. The van der Waals surface area contributed by atoms with Crippen molar-refractivity contribution in [1.82, 2.24) is 9.88 Å². The minimum atomic E-state index is -1.01. The lowest BCUT2D eigenvalue weighted by atomic mass is 10.0. The molecule has 0 saturated heterocycles. The van der Waals surface area contributed by atoms with Crippen LogP contribution in [-0.2, 0) is 16.1 Å². The minimum absolute atomic E-state index is 0.175. The first kappa shape index (κ1) is 18.0. The Labute approximate surface area is 141 Å². The van der Waals surface area contributed by atoms with Crippen LogP contribution in [-0.4, -0.2) is 41.3 Å². The molecule has 1 heterocycles. The summed E-state index contributed by atoms with van der Waals surface area (Å²) in [5.74, 6) is -1.20. The Morgan fingerprint density at radius 1 is 1.29 bits per heavy atom. The molecule has 1 atom stereocenters. The lowest BCUT2D eigenvalue weighted by Gasteiger charge is -2.16. The minimum Gasteiger partial charge on any atom is -0.480 e. The molecule has 6 heteroatoms. The number of nitrogens with one attached hydrogen (secondary N) is 1. The van der Waals surface area contributed by atoms with Crippen LogP contribution in [0.4, 0.5) is 0 Å². The molecular weight excluding hydrogens is 308 g/mol. The molecule has 0 bridgehead atoms. The van der Waals surface area contributed by atoms with E-state index in [1.54, 1.807) is 13.3 Å². The van der Waals surface area contributed by atoms with Crippen LogP contribution in [0.3, 0.4) is 0 Å². The van der Waals surface area contributed by atoms with Crippen molar-refractivity contribution in [2.24, 2.45) is 5.92 Å². The van der Waals surface area contributed by atoms with Crippen LogP contribution >= 0.6 is 0 Å². The average molecular weight is 332 g/mol. The molecule has 0 aliphatic carbocycles. The molecule has 1 unspecified atom stereocenters. The number of aromatic nitrogens is 1. The van der Waals surface area contributed by atoms with Crippen molar-refractivity contribution >= 4 is 22.8 Å². The molecule has 1 aromatic carbocycles. The molecule has 130 valence electrons. The van der Waals surface area contributed by atoms with Crippen LogP contribution in [0, 0.1) is 5.92 Å². The molecule has 1 amide bonds. The van der Waals surface area contributed by atoms with E-state index in [0.717, 1.165) is 10.9 Å². The Morgan fingerprint density at radius 3 is 2.62 bits per heavy atom. The zero-order chi connectivity index (χ0) is 17.7. The number of carbonyl (C=O) groups excluding carboxylic acids is 1. The van der Waals surface area contributed by atoms with Crippen LogP contribution in [0.5, 0.6) is 0 Å². The van der Waals surface area contributed by atoms with Crippen molar-refractivity contribution in [3.63, 3.8) is 0 Å². The van der Waals surface area contributed by atoms with Crippen molar-refractivity contribution in [3.05, 3.63) is 36.0 Å². The van der Waals surface area contributed by atoms with Crippen LogP contribution in [0.2, 0.25) is 0 Å². The molecule has 2 aromatic rings. The number of carbonyl (C=O) groups is 2. The number of methoxy groups -OCH3 is 1. The van der Waals surface area contributed by atoms with Crippen LogP contribution in [0.1, 0.15) is 30.6 Å². The number of nitrogens with zero attached hydrogens (tertiary/aromatic N) is 1. The van der Waals surface area contributed by atoms with Gasteiger partial charge in [0.15, 0.2) is 0 Å². The van der Waals surface area contributed by atoms with Crippen molar-refractivity contribution < 1.29 is 19.4 Å². The number of hydrogen-bond acceptors (Lipinski definition) is 3. The van der Waals surface area contributed by atoms with Crippen molar-refractivity contribution in [3.8, 4) is 0 Å². The molecule has 0 saturated carbocycles. The predicted molar refractivity (Wildman–Crippen MR) is 92.2 cm³/mol. The normalized spacial score (nSPS) is 12.5. The molecule has 2 N–H and O–H groups in total. The zero-order valence-corrected chi connectivity index (χ0v) is 14.3. The summed E-state index contributed by atoms with van der Waals surface area (Å²) in [5, 5.41) is 12.8. The van der Waals surface area contributed by atoms with Gasteiger partial charge in [-0.1, -0.05) is 32.0 Å². The van der Waals surface area contributed by atoms with E-state index < -0.39 is 12.0 Å². The quantitative estimate of drug-likeness (QED) is 0.778. The Morgan fingerprint density at radius 2 is 2.00 bits per heavy atom. The second kappa shape index (κ2) is 7.97. The van der Waals surface area contributed by atoms with Gasteiger partial charge in [0.25, 0.3) is 5.91 Å². The van der Waals surface area contributed by atoms with Gasteiger partial charge in [-0.25, -0.2) is 4.79 Å². The lowest BCUT2D eigenvalue weighted by Crippen LogP contribution is -2.41. The summed E-state index contributed by atoms with van der Waals surface area (Å²) in [6, 6.07) is 6.68. The van der Waals surface area contributed by atoms with Crippen LogP contribution < -0.4 is 5.32 Å². The number of carboxylic acid groups (broad SMARTS) is 1. The molecule has 1 aromatic heterocycles. The SMILES string of the molecule is COCCn1cc(C(=O)NC(CC(C)C)C(=O)O)c2ccccc21. The fourth-order valence-corrected chi connectivity index (χ4v) is 2.73. The van der Waals surface area contributed by atoms with Gasteiger partial charge in [0.05, 0.1) is 12.2 Å². The number of rotatable bonds is 8. The standard InChI is InChI=1S/C18H24N2O4/c1-12(2)10-15(18(22)23)19-17(21)14-11-20(8-9-24-3)16-7-5-4-6-13(14)16/h4-7,11-12,15H,8-10H2,1-3H3,(H,19,21)(H,22,23). The second-order valence-corrected chi connectivity index (χ2v) is 6.24. The van der Waals surface area contributed by atoms with Gasteiger partial charge in [-0.15, -0.1) is 0 Å². The summed E-state index contributed by atoms with van der Waals surface area (Å²) in [7, 11) is 1.63. The first-order valence-corrected chi connectivity index (χ1v) is 8.04. The van der Waals surface area contributed by atoms with Gasteiger partial charge in [-0.2, -0.15) is 0 Å². The fraction of sp³-hybridized carbons (Fsp3) is 0.444. The van der Waals surface area contributed by atoms with Gasteiger partial charge in [0, 0.05) is 30.8 Å². The number of amides is 1. The van der Waals surface area contributed by atoms with Gasteiger partial charge in [-0.05, 0) is 18.4 Å². The summed E-state index contributed by atoms with van der Waals surface area (Å²) in [5.41, 5.74) is 1.41. The zero-order valence-electron chi connectivity index (χ0n) is 14.3. The van der Waals surface area contributed by atoms with Gasteiger partial charge >= 0.3 is 5.97 Å². The largest absolute Gasteiger partial charge is 0.480 e. The summed E-state index contributed by atoms with van der Waals surface area (Å²) in [6.45, 7) is 5.01. The summed E-state index contributed by atoms with van der Waals surface area (Å²) >= 11 is 0. The Kier molecular flexibility index (Phi) is 5.98. The summed E-state index contributed by atoms with van der Waals surface area (Å²) in [6.07, 6.45) is 2.15. The number of aliphatic carboxylic acids is 1. The number of benzene rings is 1. The number of carboxylic acids is 1. The molecule has 2 rings (SSSR count). The number of hydrogen-bond donors (Lipinski definition) is 2. The highest BCUT2D eigenvalue weighted by molar-refractivity contribution is 6.07. The first-order valence-electron chi connectivity index (χ1n) is 8.04. The summed E-state index contributed by atoms with van der Waals surface area (Å²) in [4.78, 5) is 24.0. The van der Waals surface area contributed by atoms with E-state index in [1.807, 2.05) is 42.7 Å². The molecule has 0 aliphatic rings. The molecule has 0 fully saturated rings. The van der Waals surface area contributed by atoms with E-state index in [0.29, 0.717) is 25.1 Å². The number of fused-ring (bicyclic) bond motifs is 1. The third-order valence-electron chi connectivity index (χ3n) is 3.88. The van der Waals surface area contributed by atoms with E-state index in [-0.39, 0.29) is 11.8 Å². The smallest absolute Gasteiger partial charge is 0.326 e. The highest BCUT2D eigenvalue weighted by atomic mass is 16.5. The van der Waals surface area contributed by atoms with Crippen molar-refractivity contribution in [1.29, 1.82) is 0 Å². The Bertz CT molecular complexity index is 721. The lowest BCUT2D eigenvalue weighted by molar-refractivity contribution is -0.139. The van der Waals surface area contributed by atoms with Crippen LogP contribution in [0.25, 0.3) is 10.9 Å². The molecule has 6 nitrogen and oxygen atoms in total. The molecule has 0 radical (unpaired) electrons. The van der Waals surface area contributed by atoms with E-state index in [2.05, 4.69) is 5.32 Å². The fourth-order valence-electron chi connectivity index (χ4n) is 2.73. The van der Waals surface area contributed by atoms with E-state index in [9.17, 15) is 14.7 Å². The summed E-state index contributed by atoms with van der Waals surface area (Å²) < 4.78 is 7.06. The maximum atomic E-state index is 12.6. The van der Waals surface area contributed by atoms with E-state index in [4.69, 9.17) is 4.74 Å². The van der Waals surface area contributed by atoms with Gasteiger partial charge in [0.2, 0.25) is 0 Å². The van der Waals surface area contributed by atoms with E-state index >= 15 is 0 Å². The third kappa shape index (κ3) is 4.14. The highest BCUT2D eigenvalue weighted by Crippen LogP contribution is 2.21. The van der Waals surface area contributed by atoms with Crippen molar-refractivity contribution in [2.45, 2.75) is 32.9 Å². The molecule has 0 spiro atoms. The monoisotopic (exact) mass is 332 g/mol. The predicted octanol–water partition coefficient (Wildman–Crippen LogP) is 2.52. The van der Waals surface area contributed by atoms with Crippen LogP contribution in [0.15, 0.2) is 30.5 Å². The number of para-hydroxylation sites is 1. The number of ether oxygens (including phenoxy) is 1. The first-order chi connectivity index (χ1) is 11.4. The second-order valence-electron chi connectivity index (χ2n) is 6.24. The Balaban J connectivity index is 2.30. The third-order valence-corrected chi connectivity index (χ3v) is 3.88. The van der Waals surface area contributed by atoms with Gasteiger partial charge < -0.3 is 19.7 Å². The van der Waals surface area contributed by atoms with E-state index in [1.165, 1.54) is 0 Å².